The maximum atomic E-state index is 13.9. The van der Waals surface area contributed by atoms with Gasteiger partial charge in [0.05, 0.1) is 5.56 Å². The van der Waals surface area contributed by atoms with Crippen molar-refractivity contribution in [3.63, 3.8) is 0 Å². The number of halogens is 2. The smallest absolute Gasteiger partial charge is 0.363 e. The average molecular weight is 391 g/mol. The molecule has 1 heterocycles. The van der Waals surface area contributed by atoms with E-state index in [4.69, 9.17) is 9.47 Å². The predicted octanol–water partition coefficient (Wildman–Crippen LogP) is 4.89. The number of nitrogens with zero attached hydrogens (tertiary/aromatic N) is 1. The van der Waals surface area contributed by atoms with Gasteiger partial charge in [-0.2, -0.15) is 0 Å². The van der Waals surface area contributed by atoms with E-state index in [1.54, 1.807) is 48.5 Å². The lowest BCUT2D eigenvalue weighted by atomic mass is 10.1. The summed E-state index contributed by atoms with van der Waals surface area (Å²) < 4.78 is 37.9. The highest BCUT2D eigenvalue weighted by molar-refractivity contribution is 6.13. The molecule has 1 aliphatic heterocycles. The molecular weight excluding hydrogens is 376 g/mol. The van der Waals surface area contributed by atoms with Crippen LogP contribution in [0.15, 0.2) is 83.5 Å². The van der Waals surface area contributed by atoms with Crippen LogP contribution < -0.4 is 4.74 Å². The van der Waals surface area contributed by atoms with E-state index in [0.717, 1.165) is 5.56 Å². The summed E-state index contributed by atoms with van der Waals surface area (Å²) in [4.78, 5) is 16.3. The van der Waals surface area contributed by atoms with Crippen molar-refractivity contribution in [2.75, 3.05) is 0 Å². The first-order chi connectivity index (χ1) is 14.1. The number of benzene rings is 3. The van der Waals surface area contributed by atoms with E-state index in [2.05, 4.69) is 4.99 Å². The molecule has 3 aromatic carbocycles. The second-order valence-electron chi connectivity index (χ2n) is 6.27. The molecular formula is C23H15F2NO3. The zero-order chi connectivity index (χ0) is 20.2. The van der Waals surface area contributed by atoms with Crippen LogP contribution in [0.2, 0.25) is 0 Å². The quantitative estimate of drug-likeness (QED) is 0.460. The molecule has 29 heavy (non-hydrogen) atoms. The standard InChI is InChI=1S/C23H15F2NO3/c24-17-11-9-15(10-12-17)14-28-21-8-4-1-5-16(21)13-20-23(27)29-22(26-20)18-6-2-3-7-19(18)25/h1-13H,14H2/b20-13-. The van der Waals surface area contributed by atoms with Crippen LogP contribution in [0.1, 0.15) is 16.7 Å². The Morgan fingerprint density at radius 1 is 0.931 bits per heavy atom. The van der Waals surface area contributed by atoms with Gasteiger partial charge < -0.3 is 9.47 Å². The third-order valence-electron chi connectivity index (χ3n) is 4.24. The molecule has 1 aliphatic rings. The van der Waals surface area contributed by atoms with Crippen LogP contribution in [0.4, 0.5) is 8.78 Å². The van der Waals surface area contributed by atoms with E-state index < -0.39 is 11.8 Å². The van der Waals surface area contributed by atoms with Gasteiger partial charge in [-0.1, -0.05) is 42.5 Å². The summed E-state index contributed by atoms with van der Waals surface area (Å²) >= 11 is 0. The topological polar surface area (TPSA) is 47.9 Å². The van der Waals surface area contributed by atoms with E-state index in [9.17, 15) is 13.6 Å². The van der Waals surface area contributed by atoms with Crippen LogP contribution in [0, 0.1) is 11.6 Å². The first kappa shape index (κ1) is 18.6. The molecule has 0 N–H and O–H groups in total. The predicted molar refractivity (Wildman–Crippen MR) is 104 cm³/mol. The van der Waals surface area contributed by atoms with Crippen LogP contribution in [0.3, 0.4) is 0 Å². The second kappa shape index (κ2) is 8.06. The molecule has 0 amide bonds. The molecule has 4 rings (SSSR count). The van der Waals surface area contributed by atoms with Crippen molar-refractivity contribution in [2.24, 2.45) is 4.99 Å². The Hall–Kier alpha value is -3.80. The third-order valence-corrected chi connectivity index (χ3v) is 4.24. The van der Waals surface area contributed by atoms with Crippen molar-refractivity contribution in [2.45, 2.75) is 6.61 Å². The molecule has 0 spiro atoms. The zero-order valence-corrected chi connectivity index (χ0v) is 15.1. The number of aliphatic imine (C=N–C) groups is 1. The van der Waals surface area contributed by atoms with Gasteiger partial charge in [-0.15, -0.1) is 0 Å². The number of hydrogen-bond donors (Lipinski definition) is 0. The molecule has 144 valence electrons. The zero-order valence-electron chi connectivity index (χ0n) is 15.1. The molecule has 0 saturated carbocycles. The van der Waals surface area contributed by atoms with Gasteiger partial charge in [0.25, 0.3) is 0 Å². The normalized spacial score (nSPS) is 14.6. The molecule has 4 nitrogen and oxygen atoms in total. The van der Waals surface area contributed by atoms with Crippen LogP contribution >= 0.6 is 0 Å². The van der Waals surface area contributed by atoms with Crippen molar-refractivity contribution < 1.29 is 23.0 Å². The number of rotatable bonds is 5. The van der Waals surface area contributed by atoms with Crippen LogP contribution in [-0.4, -0.2) is 11.9 Å². The molecule has 0 bridgehead atoms. The lowest BCUT2D eigenvalue weighted by molar-refractivity contribution is -0.129. The lowest BCUT2D eigenvalue weighted by Gasteiger charge is -2.09. The first-order valence-corrected chi connectivity index (χ1v) is 8.84. The van der Waals surface area contributed by atoms with E-state index in [1.807, 2.05) is 0 Å². The summed E-state index contributed by atoms with van der Waals surface area (Å²) in [6.45, 7) is 0.231. The Morgan fingerprint density at radius 2 is 1.66 bits per heavy atom. The maximum Gasteiger partial charge on any atom is 0.363 e. The number of carbonyl (C=O) groups is 1. The average Bonchev–Trinajstić information content (AvgIpc) is 3.09. The minimum absolute atomic E-state index is 0.0427. The fraction of sp³-hybridized carbons (Fsp3) is 0.0435. The Labute approximate surface area is 165 Å². The molecule has 0 radical (unpaired) electrons. The Kier molecular flexibility index (Phi) is 5.16. The maximum absolute atomic E-state index is 13.9. The summed E-state index contributed by atoms with van der Waals surface area (Å²) in [6.07, 6.45) is 1.52. The van der Waals surface area contributed by atoms with Crippen LogP contribution in [0.25, 0.3) is 6.08 Å². The highest BCUT2D eigenvalue weighted by Crippen LogP contribution is 2.26. The number of carbonyl (C=O) groups excluding carboxylic acids is 1. The molecule has 0 fully saturated rings. The number of para-hydroxylation sites is 1. The molecule has 3 aromatic rings. The van der Waals surface area contributed by atoms with Crippen molar-refractivity contribution in [3.8, 4) is 5.75 Å². The summed E-state index contributed by atoms with van der Waals surface area (Å²) in [5, 5.41) is 0. The fourth-order valence-electron chi connectivity index (χ4n) is 2.78. The number of ether oxygens (including phenoxy) is 2. The van der Waals surface area contributed by atoms with E-state index in [1.165, 1.54) is 30.3 Å². The van der Waals surface area contributed by atoms with Gasteiger partial charge in [-0.25, -0.2) is 18.6 Å². The van der Waals surface area contributed by atoms with Crippen molar-refractivity contribution in [1.29, 1.82) is 0 Å². The van der Waals surface area contributed by atoms with Gasteiger partial charge in [-0.05, 0) is 42.0 Å². The van der Waals surface area contributed by atoms with Crippen molar-refractivity contribution in [1.82, 2.24) is 0 Å². The van der Waals surface area contributed by atoms with Gasteiger partial charge >= 0.3 is 5.97 Å². The number of esters is 1. The van der Waals surface area contributed by atoms with Gasteiger partial charge in [0.1, 0.15) is 24.0 Å². The Bertz CT molecular complexity index is 1120. The van der Waals surface area contributed by atoms with Gasteiger partial charge in [0.2, 0.25) is 5.90 Å². The largest absolute Gasteiger partial charge is 0.488 e. The molecule has 0 aromatic heterocycles. The summed E-state index contributed by atoms with van der Waals surface area (Å²) in [6, 6.07) is 19.0. The summed E-state index contributed by atoms with van der Waals surface area (Å²) in [5.74, 6) is -1.07. The van der Waals surface area contributed by atoms with Crippen molar-refractivity contribution >= 4 is 17.9 Å². The lowest BCUT2D eigenvalue weighted by Crippen LogP contribution is -2.07. The molecule has 6 heteroatoms. The fourth-order valence-corrected chi connectivity index (χ4v) is 2.78. The minimum atomic E-state index is -0.670. The SMILES string of the molecule is O=C1OC(c2ccccc2F)=N/C1=C\c1ccccc1OCc1ccc(F)cc1. The van der Waals surface area contributed by atoms with Gasteiger partial charge in [0, 0.05) is 5.56 Å². The van der Waals surface area contributed by atoms with Crippen LogP contribution in [0.5, 0.6) is 5.75 Å². The third kappa shape index (κ3) is 4.21. The Balaban J connectivity index is 1.58. The van der Waals surface area contributed by atoms with E-state index in [0.29, 0.717) is 11.3 Å². The highest BCUT2D eigenvalue weighted by Gasteiger charge is 2.26. The van der Waals surface area contributed by atoms with Crippen LogP contribution in [-0.2, 0) is 16.1 Å². The molecule has 0 saturated heterocycles. The number of hydrogen-bond acceptors (Lipinski definition) is 4. The monoisotopic (exact) mass is 391 g/mol. The summed E-state index contributed by atoms with van der Waals surface area (Å²) in [5.41, 5.74) is 1.57. The second-order valence-corrected chi connectivity index (χ2v) is 6.27. The van der Waals surface area contributed by atoms with E-state index in [-0.39, 0.29) is 29.6 Å². The minimum Gasteiger partial charge on any atom is -0.488 e. The summed E-state index contributed by atoms with van der Waals surface area (Å²) in [7, 11) is 0. The Morgan fingerprint density at radius 3 is 2.45 bits per heavy atom. The molecule has 0 aliphatic carbocycles. The van der Waals surface area contributed by atoms with E-state index >= 15 is 0 Å². The number of cyclic esters (lactones) is 1. The molecule has 0 atom stereocenters. The highest BCUT2D eigenvalue weighted by atomic mass is 19.1. The first-order valence-electron chi connectivity index (χ1n) is 8.84. The van der Waals surface area contributed by atoms with Gasteiger partial charge in [0.15, 0.2) is 5.70 Å². The van der Waals surface area contributed by atoms with Gasteiger partial charge in [-0.3, -0.25) is 0 Å². The van der Waals surface area contributed by atoms with Crippen molar-refractivity contribution in [3.05, 3.63) is 107 Å². The molecule has 0 unspecified atom stereocenters.